The van der Waals surface area contributed by atoms with Crippen LogP contribution in [0, 0.1) is 6.92 Å². The van der Waals surface area contributed by atoms with E-state index in [1.165, 1.54) is 17.7 Å². The number of nitrogens with one attached hydrogen (secondary N) is 2. The van der Waals surface area contributed by atoms with Crippen LogP contribution in [0.1, 0.15) is 16.7 Å². The number of anilines is 1. The average Bonchev–Trinajstić information content (AvgIpc) is 2.49. The molecule has 0 aliphatic carbocycles. The van der Waals surface area contributed by atoms with Gasteiger partial charge in [0.15, 0.2) is 6.54 Å². The number of benzene rings is 2. The summed E-state index contributed by atoms with van der Waals surface area (Å²) >= 11 is 0. The summed E-state index contributed by atoms with van der Waals surface area (Å²) in [5.41, 5.74) is 1.96. The van der Waals surface area contributed by atoms with Gasteiger partial charge in [-0.2, -0.15) is 13.2 Å². The highest BCUT2D eigenvalue weighted by atomic mass is 19.4. The molecule has 128 valence electrons. The lowest BCUT2D eigenvalue weighted by Gasteiger charge is -2.15. The average molecular weight is 337 g/mol. The smallest absolute Gasteiger partial charge is 0.326 e. The quantitative estimate of drug-likeness (QED) is 0.864. The Kier molecular flexibility index (Phi) is 5.62. The number of hydrogen-bond donors (Lipinski definition) is 2. The van der Waals surface area contributed by atoms with E-state index in [4.69, 9.17) is 0 Å². The van der Waals surface area contributed by atoms with Crippen molar-refractivity contribution in [2.24, 2.45) is 0 Å². The van der Waals surface area contributed by atoms with E-state index in [2.05, 4.69) is 5.32 Å². The van der Waals surface area contributed by atoms with Crippen LogP contribution in [0.3, 0.4) is 0 Å². The maximum atomic E-state index is 12.5. The Morgan fingerprint density at radius 3 is 2.29 bits per heavy atom. The Morgan fingerprint density at radius 1 is 1.08 bits per heavy atom. The van der Waals surface area contributed by atoms with Gasteiger partial charge in [-0.3, -0.25) is 4.79 Å². The van der Waals surface area contributed by atoms with E-state index in [0.717, 1.165) is 22.6 Å². The monoisotopic (exact) mass is 337 g/mol. The Bertz CT molecular complexity index is 696. The van der Waals surface area contributed by atoms with Crippen molar-refractivity contribution in [1.29, 1.82) is 0 Å². The van der Waals surface area contributed by atoms with Crippen molar-refractivity contribution in [1.82, 2.24) is 0 Å². The SMILES string of the molecule is Cc1ccccc1C[NH+](C)CC(=O)Nc1ccc(C(F)(F)F)cc1. The lowest BCUT2D eigenvalue weighted by molar-refractivity contribution is -0.885. The van der Waals surface area contributed by atoms with Gasteiger partial charge in [0.05, 0.1) is 12.6 Å². The Balaban J connectivity index is 1.90. The molecule has 0 aromatic heterocycles. The second kappa shape index (κ2) is 7.49. The van der Waals surface area contributed by atoms with Gasteiger partial charge in [0.1, 0.15) is 6.54 Å². The van der Waals surface area contributed by atoms with E-state index in [9.17, 15) is 18.0 Å². The topological polar surface area (TPSA) is 33.5 Å². The molecule has 0 saturated heterocycles. The van der Waals surface area contributed by atoms with E-state index in [-0.39, 0.29) is 12.5 Å². The predicted octanol–water partition coefficient (Wildman–Crippen LogP) is 2.67. The van der Waals surface area contributed by atoms with Crippen molar-refractivity contribution in [3.05, 3.63) is 65.2 Å². The zero-order valence-electron chi connectivity index (χ0n) is 13.6. The molecule has 1 unspecified atom stereocenters. The standard InChI is InChI=1S/C18H19F3N2O/c1-13-5-3-4-6-14(13)11-23(2)12-17(24)22-16-9-7-15(8-10-16)18(19,20)21/h3-10H,11-12H2,1-2H3,(H,22,24)/p+1. The number of carbonyl (C=O) groups excluding carboxylic acids is 1. The molecule has 1 atom stereocenters. The number of likely N-dealkylation sites (N-methyl/N-ethyl adjacent to an activating group) is 1. The van der Waals surface area contributed by atoms with Crippen molar-refractivity contribution in [2.75, 3.05) is 18.9 Å². The van der Waals surface area contributed by atoms with Crippen LogP contribution in [0.4, 0.5) is 18.9 Å². The molecule has 0 heterocycles. The molecule has 2 N–H and O–H groups in total. The number of quaternary nitrogens is 1. The first-order chi connectivity index (χ1) is 11.3. The van der Waals surface area contributed by atoms with Gasteiger partial charge >= 0.3 is 6.18 Å². The van der Waals surface area contributed by atoms with Gasteiger partial charge in [-0.05, 0) is 36.8 Å². The van der Waals surface area contributed by atoms with Crippen LogP contribution >= 0.6 is 0 Å². The summed E-state index contributed by atoms with van der Waals surface area (Å²) in [5, 5.41) is 2.62. The first-order valence-corrected chi connectivity index (χ1v) is 7.58. The van der Waals surface area contributed by atoms with Crippen molar-refractivity contribution >= 4 is 11.6 Å². The first kappa shape index (κ1) is 18.0. The van der Waals surface area contributed by atoms with Gasteiger partial charge in [0, 0.05) is 11.3 Å². The molecular weight excluding hydrogens is 317 g/mol. The van der Waals surface area contributed by atoms with Crippen molar-refractivity contribution in [3.8, 4) is 0 Å². The second-order valence-corrected chi connectivity index (χ2v) is 5.86. The zero-order valence-corrected chi connectivity index (χ0v) is 13.6. The minimum atomic E-state index is -4.37. The molecule has 24 heavy (non-hydrogen) atoms. The number of aryl methyl sites for hydroxylation is 1. The second-order valence-electron chi connectivity index (χ2n) is 5.86. The van der Waals surface area contributed by atoms with Gasteiger partial charge in [0.25, 0.3) is 5.91 Å². The van der Waals surface area contributed by atoms with E-state index in [1.54, 1.807) is 0 Å². The Labute approximate surface area is 139 Å². The molecule has 2 aromatic carbocycles. The van der Waals surface area contributed by atoms with Gasteiger partial charge in [-0.1, -0.05) is 24.3 Å². The molecule has 0 radical (unpaired) electrons. The molecule has 1 amide bonds. The third-order valence-corrected chi connectivity index (χ3v) is 3.71. The van der Waals surface area contributed by atoms with Crippen LogP contribution in [0.15, 0.2) is 48.5 Å². The van der Waals surface area contributed by atoms with E-state index in [0.29, 0.717) is 12.2 Å². The molecular formula is C18H20F3N2O+. The fourth-order valence-electron chi connectivity index (χ4n) is 2.42. The molecule has 0 spiro atoms. The molecule has 2 aromatic rings. The highest BCUT2D eigenvalue weighted by Crippen LogP contribution is 2.29. The van der Waals surface area contributed by atoms with Gasteiger partial charge in [0.2, 0.25) is 0 Å². The molecule has 0 aliphatic heterocycles. The maximum Gasteiger partial charge on any atom is 0.416 e. The summed E-state index contributed by atoms with van der Waals surface area (Å²) in [4.78, 5) is 13.0. The van der Waals surface area contributed by atoms with Crippen LogP contribution < -0.4 is 10.2 Å². The molecule has 0 bridgehead atoms. The Morgan fingerprint density at radius 2 is 1.71 bits per heavy atom. The van der Waals surface area contributed by atoms with Crippen LogP contribution in [0.5, 0.6) is 0 Å². The van der Waals surface area contributed by atoms with Crippen LogP contribution in [-0.2, 0) is 17.5 Å². The molecule has 6 heteroatoms. The summed E-state index contributed by atoms with van der Waals surface area (Å²) in [5.74, 6) is -0.235. The number of rotatable bonds is 5. The van der Waals surface area contributed by atoms with E-state index < -0.39 is 11.7 Å². The van der Waals surface area contributed by atoms with Crippen LogP contribution in [-0.4, -0.2) is 19.5 Å². The highest BCUT2D eigenvalue weighted by molar-refractivity contribution is 5.91. The van der Waals surface area contributed by atoms with Crippen LogP contribution in [0.2, 0.25) is 0 Å². The summed E-state index contributed by atoms with van der Waals surface area (Å²) in [6.45, 7) is 2.95. The summed E-state index contributed by atoms with van der Waals surface area (Å²) < 4.78 is 37.5. The number of hydrogen-bond acceptors (Lipinski definition) is 1. The molecule has 0 aliphatic rings. The lowest BCUT2D eigenvalue weighted by Crippen LogP contribution is -3.08. The van der Waals surface area contributed by atoms with Crippen molar-refractivity contribution in [3.63, 3.8) is 0 Å². The normalized spacial score (nSPS) is 12.7. The van der Waals surface area contributed by atoms with Crippen molar-refractivity contribution < 1.29 is 22.9 Å². The number of alkyl halides is 3. The third-order valence-electron chi connectivity index (χ3n) is 3.71. The largest absolute Gasteiger partial charge is 0.416 e. The fraction of sp³-hybridized carbons (Fsp3) is 0.278. The third kappa shape index (κ3) is 5.09. The van der Waals surface area contributed by atoms with Gasteiger partial charge in [-0.25, -0.2) is 0 Å². The first-order valence-electron chi connectivity index (χ1n) is 7.58. The number of amides is 1. The molecule has 0 saturated carbocycles. The predicted molar refractivity (Wildman–Crippen MR) is 86.7 cm³/mol. The van der Waals surface area contributed by atoms with Crippen LogP contribution in [0.25, 0.3) is 0 Å². The molecule has 2 rings (SSSR count). The fourth-order valence-corrected chi connectivity index (χ4v) is 2.42. The molecule has 0 fully saturated rings. The highest BCUT2D eigenvalue weighted by Gasteiger charge is 2.30. The number of carbonyl (C=O) groups is 1. The van der Waals surface area contributed by atoms with Gasteiger partial charge < -0.3 is 10.2 Å². The molecule has 3 nitrogen and oxygen atoms in total. The van der Waals surface area contributed by atoms with Crippen molar-refractivity contribution in [2.45, 2.75) is 19.6 Å². The summed E-state index contributed by atoms with van der Waals surface area (Å²) in [6.07, 6.45) is -4.37. The summed E-state index contributed by atoms with van der Waals surface area (Å²) in [7, 11) is 1.90. The minimum absolute atomic E-state index is 0.232. The Hall–Kier alpha value is -2.34. The van der Waals surface area contributed by atoms with E-state index >= 15 is 0 Å². The van der Waals surface area contributed by atoms with E-state index in [1.807, 2.05) is 38.2 Å². The summed E-state index contributed by atoms with van der Waals surface area (Å²) in [6, 6.07) is 12.4. The lowest BCUT2D eigenvalue weighted by atomic mass is 10.1. The van der Waals surface area contributed by atoms with Gasteiger partial charge in [-0.15, -0.1) is 0 Å². The zero-order chi connectivity index (χ0) is 17.7. The maximum absolute atomic E-state index is 12.5. The number of halogens is 3. The minimum Gasteiger partial charge on any atom is -0.326 e.